The second kappa shape index (κ2) is 31.8. The van der Waals surface area contributed by atoms with Crippen LogP contribution in [0.15, 0.2) is 40.6 Å². The molecule has 0 amide bonds. The zero-order valence-corrected chi connectivity index (χ0v) is 22.2. The summed E-state index contributed by atoms with van der Waals surface area (Å²) in [5.41, 5.74) is 10.3. The third-order valence-corrected chi connectivity index (χ3v) is 4.37. The highest BCUT2D eigenvalue weighted by atomic mass is 32.2. The molecule has 0 heterocycles. The smallest absolute Gasteiger partial charge is 0.0617 e. The summed E-state index contributed by atoms with van der Waals surface area (Å²) in [6.07, 6.45) is 15.0. The molecule has 3 N–H and O–H groups in total. The van der Waals surface area contributed by atoms with Gasteiger partial charge in [-0.05, 0) is 43.8 Å². The number of hydrogen-bond acceptors (Lipinski definition) is 3. The van der Waals surface area contributed by atoms with Gasteiger partial charge in [-0.2, -0.15) is 0 Å². The van der Waals surface area contributed by atoms with Crippen molar-refractivity contribution in [2.45, 2.75) is 113 Å². The molecule has 1 atom stereocenters. The maximum absolute atomic E-state index is 8.84. The quantitative estimate of drug-likeness (QED) is 0.286. The number of thioether (sulfide) groups is 1. The molecule has 0 aromatic carbocycles. The first-order valence-electron chi connectivity index (χ1n) is 11.6. The number of hydrogen-bond donors (Lipinski definition) is 2. The molecule has 3 heteroatoms. The van der Waals surface area contributed by atoms with E-state index in [0.717, 1.165) is 30.7 Å². The van der Waals surface area contributed by atoms with Gasteiger partial charge in [0.05, 0.1) is 11.6 Å². The maximum Gasteiger partial charge on any atom is 0.0617 e. The fourth-order valence-corrected chi connectivity index (χ4v) is 2.48. The summed E-state index contributed by atoms with van der Waals surface area (Å²) >= 11 is 1.56. The Hall–Kier alpha value is -0.890. The number of aliphatic hydroxyl groups excluding tert-OH is 1. The predicted molar refractivity (Wildman–Crippen MR) is 139 cm³/mol. The van der Waals surface area contributed by atoms with Crippen LogP contribution in [-0.4, -0.2) is 17.0 Å². The largest absolute Gasteiger partial charge is 0.395 e. The van der Waals surface area contributed by atoms with Crippen molar-refractivity contribution in [2.75, 3.05) is 6.61 Å². The second-order valence-electron chi connectivity index (χ2n) is 7.04. The zero-order chi connectivity index (χ0) is 23.5. The zero-order valence-electron chi connectivity index (χ0n) is 21.3. The van der Waals surface area contributed by atoms with E-state index >= 15 is 0 Å². The van der Waals surface area contributed by atoms with Gasteiger partial charge in [0, 0.05) is 5.25 Å². The molecule has 0 saturated heterocycles. The van der Waals surface area contributed by atoms with E-state index in [4.69, 9.17) is 10.8 Å². The van der Waals surface area contributed by atoms with Gasteiger partial charge in [0.2, 0.25) is 0 Å². The Morgan fingerprint density at radius 3 is 1.76 bits per heavy atom. The van der Waals surface area contributed by atoms with Crippen LogP contribution < -0.4 is 5.73 Å². The van der Waals surface area contributed by atoms with Crippen LogP contribution in [0.25, 0.3) is 0 Å². The molecule has 0 aliphatic heterocycles. The molecule has 0 saturated carbocycles. The average Bonchev–Trinajstić information content (AvgIpc) is 2.68. The van der Waals surface area contributed by atoms with Crippen LogP contribution >= 0.6 is 11.8 Å². The van der Waals surface area contributed by atoms with Gasteiger partial charge in [0.25, 0.3) is 0 Å². The lowest BCUT2D eigenvalue weighted by Crippen LogP contribution is -2.09. The van der Waals surface area contributed by atoms with Crippen molar-refractivity contribution in [1.29, 1.82) is 0 Å². The van der Waals surface area contributed by atoms with Crippen LogP contribution in [0.1, 0.15) is 108 Å². The van der Waals surface area contributed by atoms with Gasteiger partial charge in [-0.25, -0.2) is 0 Å². The molecule has 29 heavy (non-hydrogen) atoms. The van der Waals surface area contributed by atoms with Crippen LogP contribution in [0.5, 0.6) is 0 Å². The van der Waals surface area contributed by atoms with Crippen LogP contribution in [0, 0.1) is 5.92 Å². The van der Waals surface area contributed by atoms with Crippen molar-refractivity contribution in [1.82, 2.24) is 0 Å². The molecule has 0 aromatic rings. The minimum absolute atomic E-state index is 0.208. The number of allylic oxidation sites excluding steroid dienone is 4. The molecule has 0 spiro atoms. The highest BCUT2D eigenvalue weighted by Gasteiger charge is 2.05. The number of aliphatic hydroxyl groups is 1. The average molecular weight is 428 g/mol. The van der Waals surface area contributed by atoms with E-state index < -0.39 is 0 Å². The van der Waals surface area contributed by atoms with Crippen molar-refractivity contribution < 1.29 is 5.11 Å². The molecule has 0 aliphatic carbocycles. The standard InChI is InChI=1S/C12H20.C8H17NOS.2C3H8/c1-5-12(6-2)10-8-7-9-11(3)4;1-3-5-8(9)11-7(4-2)6-10;2*1-3-2/h8-11H,5-6H2,1-4H3;5,7,10H,3-4,6,9H2,1-2H3;2*3H2,1-2H3/b;8-5+;;. The van der Waals surface area contributed by atoms with Gasteiger partial charge in [-0.3, -0.25) is 0 Å². The summed E-state index contributed by atoms with van der Waals surface area (Å²) in [5.74, 6) is 0.598. The van der Waals surface area contributed by atoms with Crippen LogP contribution in [0.4, 0.5) is 0 Å². The first kappa shape index (κ1) is 35.5. The van der Waals surface area contributed by atoms with E-state index in [-0.39, 0.29) is 11.9 Å². The van der Waals surface area contributed by atoms with Crippen molar-refractivity contribution in [3.63, 3.8) is 0 Å². The van der Waals surface area contributed by atoms with Crippen LogP contribution in [0.2, 0.25) is 0 Å². The van der Waals surface area contributed by atoms with Crippen molar-refractivity contribution in [3.8, 4) is 0 Å². The highest BCUT2D eigenvalue weighted by molar-refractivity contribution is 8.03. The van der Waals surface area contributed by atoms with Crippen molar-refractivity contribution in [2.24, 2.45) is 11.7 Å². The molecule has 0 bridgehead atoms. The molecule has 1 unspecified atom stereocenters. The second-order valence-corrected chi connectivity index (χ2v) is 8.41. The van der Waals surface area contributed by atoms with Crippen molar-refractivity contribution >= 4 is 11.8 Å². The van der Waals surface area contributed by atoms with Gasteiger partial charge in [-0.1, -0.05) is 99.8 Å². The summed E-state index contributed by atoms with van der Waals surface area (Å²) in [6, 6.07) is 0. The minimum Gasteiger partial charge on any atom is -0.395 e. The molecule has 174 valence electrons. The van der Waals surface area contributed by atoms with E-state index in [1.54, 1.807) is 11.8 Å². The highest BCUT2D eigenvalue weighted by Crippen LogP contribution is 2.19. The Bertz CT molecular complexity index is 406. The van der Waals surface area contributed by atoms with E-state index in [9.17, 15) is 0 Å². The molecule has 0 radical (unpaired) electrons. The summed E-state index contributed by atoms with van der Waals surface area (Å²) in [7, 11) is 0. The topological polar surface area (TPSA) is 46.2 Å². The van der Waals surface area contributed by atoms with E-state index in [1.807, 2.05) is 26.0 Å². The normalized spacial score (nSPS) is 10.7. The summed E-state index contributed by atoms with van der Waals surface area (Å²) in [6.45, 7) is 21.5. The van der Waals surface area contributed by atoms with Gasteiger partial charge >= 0.3 is 0 Å². The third-order valence-electron chi connectivity index (χ3n) is 3.12. The lowest BCUT2D eigenvalue weighted by Gasteiger charge is -2.10. The summed E-state index contributed by atoms with van der Waals surface area (Å²) in [4.78, 5) is 0. The summed E-state index contributed by atoms with van der Waals surface area (Å²) < 4.78 is 0. The number of nitrogens with two attached hydrogens (primary N) is 1. The van der Waals surface area contributed by atoms with E-state index in [0.29, 0.717) is 5.92 Å². The fraction of sp³-hybridized carbons (Fsp3) is 0.731. The summed E-state index contributed by atoms with van der Waals surface area (Å²) in [5, 5.41) is 9.93. The minimum atomic E-state index is 0.208. The first-order chi connectivity index (χ1) is 13.8. The predicted octanol–water partition coefficient (Wildman–Crippen LogP) is 8.63. The van der Waals surface area contributed by atoms with Gasteiger partial charge in [-0.15, -0.1) is 17.5 Å². The van der Waals surface area contributed by atoms with Crippen LogP contribution in [-0.2, 0) is 0 Å². The van der Waals surface area contributed by atoms with E-state index in [2.05, 4.69) is 73.3 Å². The molecular weight excluding hydrogens is 374 g/mol. The lowest BCUT2D eigenvalue weighted by molar-refractivity contribution is 0.293. The Morgan fingerprint density at radius 1 is 0.966 bits per heavy atom. The van der Waals surface area contributed by atoms with Gasteiger partial charge in [0.1, 0.15) is 0 Å². The van der Waals surface area contributed by atoms with E-state index in [1.165, 1.54) is 18.4 Å². The van der Waals surface area contributed by atoms with Crippen molar-refractivity contribution in [3.05, 3.63) is 40.6 Å². The van der Waals surface area contributed by atoms with Gasteiger partial charge < -0.3 is 10.8 Å². The molecule has 0 fully saturated rings. The third kappa shape index (κ3) is 38.4. The maximum atomic E-state index is 8.84. The molecule has 0 rings (SSSR count). The molecular formula is C26H53NOS. The molecule has 0 aromatic heterocycles. The Labute approximate surface area is 188 Å². The monoisotopic (exact) mass is 427 g/mol. The first-order valence-corrected chi connectivity index (χ1v) is 12.5. The SMILES string of the molecule is CC/C=C(\N)SC(CC)CO.CCC.CCC.CCC(=CC=C=CC(C)C)CC. The Kier molecular flexibility index (Phi) is 39.0. The lowest BCUT2D eigenvalue weighted by atomic mass is 10.1. The fourth-order valence-electron chi connectivity index (χ4n) is 1.59. The van der Waals surface area contributed by atoms with Crippen LogP contribution in [0.3, 0.4) is 0 Å². The molecule has 0 aliphatic rings. The Morgan fingerprint density at radius 2 is 1.45 bits per heavy atom. The van der Waals surface area contributed by atoms with Gasteiger partial charge in [0.15, 0.2) is 0 Å². The Balaban J connectivity index is -0.000000170. The molecule has 2 nitrogen and oxygen atoms in total. The number of rotatable bonds is 9.